The van der Waals surface area contributed by atoms with Crippen LogP contribution in [0, 0.1) is 25.5 Å². The molecule has 0 radical (unpaired) electrons. The van der Waals surface area contributed by atoms with Crippen molar-refractivity contribution in [3.05, 3.63) is 83.6 Å². The molecular formula is C23H19F2N3O2S2. The minimum absolute atomic E-state index is 0.0881. The summed E-state index contributed by atoms with van der Waals surface area (Å²) in [5, 5.41) is 11.3. The monoisotopic (exact) mass is 471 g/mol. The van der Waals surface area contributed by atoms with Crippen LogP contribution in [0.2, 0.25) is 0 Å². The third kappa shape index (κ3) is 4.26. The molecule has 32 heavy (non-hydrogen) atoms. The molecule has 0 bridgehead atoms. The number of hydrogen-bond donors (Lipinski definition) is 3. The number of anilines is 2. The molecule has 0 saturated carbocycles. The zero-order valence-electron chi connectivity index (χ0n) is 17.1. The van der Waals surface area contributed by atoms with Crippen LogP contribution in [-0.4, -0.2) is 14.3 Å². The Labute approximate surface area is 190 Å². The predicted molar refractivity (Wildman–Crippen MR) is 125 cm³/mol. The van der Waals surface area contributed by atoms with Crippen LogP contribution in [0.3, 0.4) is 0 Å². The molecule has 164 valence electrons. The summed E-state index contributed by atoms with van der Waals surface area (Å²) < 4.78 is 46.8. The normalized spacial score (nSPS) is 12.0. The van der Waals surface area contributed by atoms with Crippen LogP contribution in [0.25, 0.3) is 10.9 Å². The number of aromatic nitrogens is 1. The highest BCUT2D eigenvalue weighted by Gasteiger charge is 2.18. The van der Waals surface area contributed by atoms with E-state index in [0.717, 1.165) is 11.9 Å². The molecule has 0 fully saturated rings. The smallest absolute Gasteiger partial charge is 0.157 e. The van der Waals surface area contributed by atoms with Gasteiger partial charge in [-0.25, -0.2) is 13.0 Å². The molecule has 1 aromatic heterocycles. The summed E-state index contributed by atoms with van der Waals surface area (Å²) in [5.74, 6) is -0.846. The lowest BCUT2D eigenvalue weighted by Crippen LogP contribution is -2.08. The molecule has 1 unspecified atom stereocenters. The molecule has 1 heterocycles. The average Bonchev–Trinajstić information content (AvgIpc) is 2.79. The number of rotatable bonds is 6. The van der Waals surface area contributed by atoms with E-state index in [0.29, 0.717) is 37.7 Å². The Balaban J connectivity index is 1.72. The van der Waals surface area contributed by atoms with Crippen molar-refractivity contribution in [3.8, 4) is 5.75 Å². The topological polar surface area (TPSA) is 74.2 Å². The van der Waals surface area contributed by atoms with Gasteiger partial charge in [0.25, 0.3) is 0 Å². The van der Waals surface area contributed by atoms with E-state index >= 15 is 0 Å². The fraction of sp³-hybridized carbons (Fsp3) is 0.0870. The molecule has 5 nitrogen and oxygen atoms in total. The zero-order chi connectivity index (χ0) is 22.8. The summed E-state index contributed by atoms with van der Waals surface area (Å²) in [7, 11) is -1.77. The van der Waals surface area contributed by atoms with E-state index in [-0.39, 0.29) is 17.1 Å². The molecule has 9 heteroatoms. The van der Waals surface area contributed by atoms with E-state index in [1.807, 2.05) is 0 Å². The lowest BCUT2D eigenvalue weighted by Gasteiger charge is -2.15. The van der Waals surface area contributed by atoms with Gasteiger partial charge in [0.05, 0.1) is 21.2 Å². The van der Waals surface area contributed by atoms with Gasteiger partial charge in [0.1, 0.15) is 17.2 Å². The van der Waals surface area contributed by atoms with Gasteiger partial charge in [0.15, 0.2) is 16.7 Å². The Morgan fingerprint density at radius 3 is 2.34 bits per heavy atom. The number of nitrogens with one attached hydrogen (secondary N) is 2. The standard InChI is InChI=1S/C23H19F2N3O2S2/c1-13-16(24)7-3-9-18(13)27-31-20-12-21(15-6-5-11-26-22(15)23(20)29)32(30)28-19-10-4-8-17(25)14(19)2/h3-12,27-29H,1-2H3. The van der Waals surface area contributed by atoms with Crippen molar-refractivity contribution >= 4 is 45.2 Å². The van der Waals surface area contributed by atoms with Crippen LogP contribution in [0.5, 0.6) is 5.75 Å². The van der Waals surface area contributed by atoms with Crippen LogP contribution in [0.4, 0.5) is 20.2 Å². The Kier molecular flexibility index (Phi) is 6.29. The first-order valence-electron chi connectivity index (χ1n) is 9.59. The molecular weight excluding hydrogens is 452 g/mol. The highest BCUT2D eigenvalue weighted by Crippen LogP contribution is 2.38. The fourth-order valence-corrected chi connectivity index (χ4v) is 5.11. The number of phenolic OH excluding ortho intramolecular Hbond substituents is 1. The zero-order valence-corrected chi connectivity index (χ0v) is 18.8. The van der Waals surface area contributed by atoms with E-state index in [1.54, 1.807) is 50.2 Å². The van der Waals surface area contributed by atoms with E-state index in [9.17, 15) is 18.1 Å². The van der Waals surface area contributed by atoms with Gasteiger partial charge in [-0.1, -0.05) is 12.1 Å². The van der Waals surface area contributed by atoms with Crippen molar-refractivity contribution in [2.45, 2.75) is 23.6 Å². The largest absolute Gasteiger partial charge is 0.504 e. The molecule has 0 amide bonds. The van der Waals surface area contributed by atoms with Crippen LogP contribution < -0.4 is 9.44 Å². The molecule has 4 aromatic rings. The molecule has 1 atom stereocenters. The van der Waals surface area contributed by atoms with Crippen molar-refractivity contribution in [2.75, 3.05) is 9.44 Å². The van der Waals surface area contributed by atoms with Crippen molar-refractivity contribution in [3.63, 3.8) is 0 Å². The van der Waals surface area contributed by atoms with Gasteiger partial charge in [-0.15, -0.1) is 0 Å². The molecule has 4 rings (SSSR count). The van der Waals surface area contributed by atoms with E-state index in [2.05, 4.69) is 14.4 Å². The Morgan fingerprint density at radius 1 is 0.969 bits per heavy atom. The number of aromatic hydroxyl groups is 1. The molecule has 0 spiro atoms. The lowest BCUT2D eigenvalue weighted by atomic mass is 10.2. The van der Waals surface area contributed by atoms with E-state index < -0.39 is 16.8 Å². The number of pyridine rings is 1. The quantitative estimate of drug-likeness (QED) is 0.297. The maximum atomic E-state index is 13.9. The summed E-state index contributed by atoms with van der Waals surface area (Å²) in [5.41, 5.74) is 2.00. The first kappa shape index (κ1) is 22.0. The summed E-state index contributed by atoms with van der Waals surface area (Å²) in [6.07, 6.45) is 1.53. The van der Waals surface area contributed by atoms with Crippen molar-refractivity contribution in [2.24, 2.45) is 0 Å². The van der Waals surface area contributed by atoms with Crippen LogP contribution >= 0.6 is 11.9 Å². The minimum Gasteiger partial charge on any atom is -0.504 e. The second kappa shape index (κ2) is 9.13. The summed E-state index contributed by atoms with van der Waals surface area (Å²) in [6, 6.07) is 14.1. The third-order valence-corrected chi connectivity index (χ3v) is 7.00. The van der Waals surface area contributed by atoms with Gasteiger partial charge in [0.2, 0.25) is 0 Å². The van der Waals surface area contributed by atoms with Gasteiger partial charge >= 0.3 is 0 Å². The third-order valence-electron chi connectivity index (χ3n) is 5.00. The van der Waals surface area contributed by atoms with Gasteiger partial charge in [0, 0.05) is 22.7 Å². The maximum absolute atomic E-state index is 13.9. The Morgan fingerprint density at radius 2 is 1.62 bits per heavy atom. The number of phenols is 1. The van der Waals surface area contributed by atoms with Gasteiger partial charge in [-0.2, -0.15) is 0 Å². The first-order valence-corrected chi connectivity index (χ1v) is 11.6. The van der Waals surface area contributed by atoms with Crippen LogP contribution in [0.15, 0.2) is 70.6 Å². The maximum Gasteiger partial charge on any atom is 0.157 e. The second-order valence-electron chi connectivity index (χ2n) is 7.02. The molecule has 3 aromatic carbocycles. The second-order valence-corrected chi connectivity index (χ2v) is 9.05. The highest BCUT2D eigenvalue weighted by atomic mass is 32.2. The molecule has 0 aliphatic heterocycles. The summed E-state index contributed by atoms with van der Waals surface area (Å²) in [6.45, 7) is 3.24. The van der Waals surface area contributed by atoms with Crippen LogP contribution in [0.1, 0.15) is 11.1 Å². The number of halogens is 2. The molecule has 3 N–H and O–H groups in total. The van der Waals surface area contributed by atoms with Gasteiger partial charge in [-0.05, 0) is 68.3 Å². The van der Waals surface area contributed by atoms with E-state index in [4.69, 9.17) is 0 Å². The molecule has 0 aliphatic rings. The molecule has 0 saturated heterocycles. The summed E-state index contributed by atoms with van der Waals surface area (Å²) >= 11 is 1.05. The average molecular weight is 472 g/mol. The van der Waals surface area contributed by atoms with Gasteiger partial charge < -0.3 is 14.6 Å². The Hall–Kier alpha value is -3.17. The van der Waals surface area contributed by atoms with Gasteiger partial charge in [-0.3, -0.25) is 4.98 Å². The molecule has 0 aliphatic carbocycles. The fourth-order valence-electron chi connectivity index (χ4n) is 3.11. The lowest BCUT2D eigenvalue weighted by molar-refractivity contribution is 0.467. The van der Waals surface area contributed by atoms with Crippen molar-refractivity contribution in [1.82, 2.24) is 4.98 Å². The van der Waals surface area contributed by atoms with Crippen molar-refractivity contribution < 1.29 is 18.1 Å². The summed E-state index contributed by atoms with van der Waals surface area (Å²) in [4.78, 5) is 4.97. The number of benzene rings is 3. The SMILES string of the molecule is Cc1c(F)cccc1NSc1cc(S(=O)Nc2cccc(F)c2C)c2cccnc2c1O. The predicted octanol–water partition coefficient (Wildman–Crippen LogP) is 6.09. The van der Waals surface area contributed by atoms with E-state index in [1.165, 1.54) is 24.4 Å². The number of nitrogens with zero attached hydrogens (tertiary/aromatic N) is 1. The Bertz CT molecular complexity index is 1350. The minimum atomic E-state index is -1.77. The van der Waals surface area contributed by atoms with Crippen LogP contribution in [-0.2, 0) is 11.0 Å². The highest BCUT2D eigenvalue weighted by molar-refractivity contribution is 8.00. The first-order chi connectivity index (χ1) is 15.4. The van der Waals surface area contributed by atoms with Crippen molar-refractivity contribution in [1.29, 1.82) is 0 Å². The number of fused-ring (bicyclic) bond motifs is 1. The number of hydrogen-bond acceptors (Lipinski definition) is 5.